The molecule has 13 heteroatoms. The SMILES string of the molecule is COCCNC(=O)[C@@H](c1ccc(F)cc1)N(C(=O)c1snc(C(N)=O)c1N)c1ccc2c(c1)OCCO2. The summed E-state index contributed by atoms with van der Waals surface area (Å²) >= 11 is 0.678. The van der Waals surface area contributed by atoms with E-state index in [0.29, 0.717) is 41.8 Å². The van der Waals surface area contributed by atoms with Crippen molar-refractivity contribution in [3.8, 4) is 11.5 Å². The number of nitrogen functional groups attached to an aromatic ring is 1. The number of hydrogen-bond acceptors (Lipinski definition) is 9. The molecular weight excluding hydrogens is 505 g/mol. The van der Waals surface area contributed by atoms with Crippen LogP contribution < -0.4 is 31.2 Å². The fraction of sp³-hybridized carbons (Fsp3) is 0.250. The number of amides is 3. The van der Waals surface area contributed by atoms with Crippen molar-refractivity contribution in [2.45, 2.75) is 6.04 Å². The smallest absolute Gasteiger partial charge is 0.273 e. The summed E-state index contributed by atoms with van der Waals surface area (Å²) in [4.78, 5) is 40.3. The third kappa shape index (κ3) is 5.47. The van der Waals surface area contributed by atoms with Crippen LogP contribution in [0.1, 0.15) is 31.8 Å². The summed E-state index contributed by atoms with van der Waals surface area (Å²) in [5.74, 6) is -1.86. The Morgan fingerprint density at radius 2 is 1.86 bits per heavy atom. The van der Waals surface area contributed by atoms with E-state index in [4.69, 9.17) is 25.7 Å². The molecule has 0 saturated heterocycles. The lowest BCUT2D eigenvalue weighted by Crippen LogP contribution is -2.44. The average Bonchev–Trinajstić information content (AvgIpc) is 3.29. The highest BCUT2D eigenvalue weighted by Gasteiger charge is 2.36. The number of nitrogens with two attached hydrogens (primary N) is 2. The van der Waals surface area contributed by atoms with Gasteiger partial charge in [-0.2, -0.15) is 4.37 Å². The van der Waals surface area contributed by atoms with Gasteiger partial charge in [-0.15, -0.1) is 0 Å². The van der Waals surface area contributed by atoms with E-state index in [1.807, 2.05) is 0 Å². The molecule has 1 aromatic heterocycles. The normalized spacial score (nSPS) is 13.0. The van der Waals surface area contributed by atoms with E-state index >= 15 is 0 Å². The molecule has 0 aliphatic carbocycles. The van der Waals surface area contributed by atoms with Gasteiger partial charge in [-0.3, -0.25) is 19.3 Å². The molecule has 0 fully saturated rings. The topological polar surface area (TPSA) is 159 Å². The van der Waals surface area contributed by atoms with Crippen LogP contribution in [0.15, 0.2) is 42.5 Å². The summed E-state index contributed by atoms with van der Waals surface area (Å²) in [7, 11) is 1.48. The Bertz CT molecular complexity index is 1320. The molecule has 1 aliphatic heterocycles. The lowest BCUT2D eigenvalue weighted by atomic mass is 10.0. The minimum atomic E-state index is -1.27. The van der Waals surface area contributed by atoms with E-state index in [2.05, 4.69) is 9.69 Å². The number of hydrogen-bond donors (Lipinski definition) is 3. The quantitative estimate of drug-likeness (QED) is 0.354. The number of rotatable bonds is 9. The molecule has 0 spiro atoms. The van der Waals surface area contributed by atoms with Gasteiger partial charge in [0.2, 0.25) is 5.91 Å². The Morgan fingerprint density at radius 3 is 2.51 bits per heavy atom. The summed E-state index contributed by atoms with van der Waals surface area (Å²) in [6.45, 7) is 1.05. The number of carbonyl (C=O) groups excluding carboxylic acids is 3. The maximum atomic E-state index is 14.0. The van der Waals surface area contributed by atoms with Gasteiger partial charge in [0.1, 0.15) is 29.9 Å². The number of primary amides is 1. The molecule has 2 aromatic carbocycles. The van der Waals surface area contributed by atoms with Crippen LogP contribution >= 0.6 is 11.5 Å². The van der Waals surface area contributed by atoms with Crippen LogP contribution in [0.3, 0.4) is 0 Å². The molecule has 3 amide bonds. The number of ether oxygens (including phenoxy) is 3. The Labute approximate surface area is 215 Å². The van der Waals surface area contributed by atoms with E-state index in [-0.39, 0.29) is 35.1 Å². The van der Waals surface area contributed by atoms with E-state index in [1.165, 1.54) is 36.3 Å². The molecule has 3 aromatic rings. The van der Waals surface area contributed by atoms with Gasteiger partial charge in [0.25, 0.3) is 11.8 Å². The number of fused-ring (bicyclic) bond motifs is 1. The number of methoxy groups -OCH3 is 1. The highest BCUT2D eigenvalue weighted by Crippen LogP contribution is 2.39. The summed E-state index contributed by atoms with van der Waals surface area (Å²) in [6, 6.07) is 8.64. The Kier molecular flexibility index (Phi) is 7.84. The Balaban J connectivity index is 1.87. The van der Waals surface area contributed by atoms with Crippen LogP contribution in [0.25, 0.3) is 0 Å². The van der Waals surface area contributed by atoms with Crippen molar-refractivity contribution >= 4 is 40.6 Å². The van der Waals surface area contributed by atoms with E-state index in [0.717, 1.165) is 0 Å². The molecule has 11 nitrogen and oxygen atoms in total. The minimum absolute atomic E-state index is 0.0968. The minimum Gasteiger partial charge on any atom is -0.486 e. The van der Waals surface area contributed by atoms with Gasteiger partial charge < -0.3 is 31.0 Å². The Morgan fingerprint density at radius 1 is 1.16 bits per heavy atom. The molecule has 4 rings (SSSR count). The number of nitrogens with one attached hydrogen (secondary N) is 1. The monoisotopic (exact) mass is 529 g/mol. The van der Waals surface area contributed by atoms with Crippen LogP contribution in [0.4, 0.5) is 15.8 Å². The first kappa shape index (κ1) is 25.9. The number of halogens is 1. The van der Waals surface area contributed by atoms with Crippen molar-refractivity contribution in [1.82, 2.24) is 9.69 Å². The van der Waals surface area contributed by atoms with Crippen molar-refractivity contribution in [2.75, 3.05) is 44.1 Å². The summed E-state index contributed by atoms with van der Waals surface area (Å²) < 4.78 is 34.0. The first-order valence-corrected chi connectivity index (χ1v) is 11.9. The Hall–Kier alpha value is -4.23. The first-order chi connectivity index (χ1) is 17.8. The zero-order chi connectivity index (χ0) is 26.5. The fourth-order valence-corrected chi connectivity index (χ4v) is 4.48. The highest BCUT2D eigenvalue weighted by molar-refractivity contribution is 7.09. The summed E-state index contributed by atoms with van der Waals surface area (Å²) in [5.41, 5.74) is 11.5. The van der Waals surface area contributed by atoms with Crippen molar-refractivity contribution in [3.63, 3.8) is 0 Å². The largest absolute Gasteiger partial charge is 0.486 e. The lowest BCUT2D eigenvalue weighted by Gasteiger charge is -2.32. The lowest BCUT2D eigenvalue weighted by molar-refractivity contribution is -0.122. The van der Waals surface area contributed by atoms with Crippen LogP contribution in [-0.2, 0) is 9.53 Å². The molecule has 0 unspecified atom stereocenters. The standard InChI is InChI=1S/C24H24FN5O6S/c1-34-9-8-28-23(32)20(13-2-4-14(25)5-3-13)30(15-6-7-16-17(12-15)36-11-10-35-16)24(33)21-18(26)19(22(27)31)29-37-21/h2-7,12,20H,8-11,26H2,1H3,(H2,27,31)(H,28,32)/t20-/m1/s1. The van der Waals surface area contributed by atoms with Crippen LogP contribution in [0.2, 0.25) is 0 Å². The second-order valence-electron chi connectivity index (χ2n) is 7.88. The van der Waals surface area contributed by atoms with Gasteiger partial charge in [-0.1, -0.05) is 12.1 Å². The average molecular weight is 530 g/mol. The van der Waals surface area contributed by atoms with Crippen molar-refractivity contribution in [3.05, 3.63) is 64.4 Å². The third-order valence-corrected chi connectivity index (χ3v) is 6.33. The van der Waals surface area contributed by atoms with Crippen molar-refractivity contribution < 1.29 is 33.0 Å². The van der Waals surface area contributed by atoms with Gasteiger partial charge >= 0.3 is 0 Å². The van der Waals surface area contributed by atoms with Crippen molar-refractivity contribution in [2.24, 2.45) is 5.73 Å². The van der Waals surface area contributed by atoms with Crippen LogP contribution in [0, 0.1) is 5.82 Å². The number of anilines is 2. The van der Waals surface area contributed by atoms with Gasteiger partial charge in [0.15, 0.2) is 17.2 Å². The van der Waals surface area contributed by atoms with Gasteiger partial charge in [0.05, 0.1) is 12.3 Å². The summed E-state index contributed by atoms with van der Waals surface area (Å²) in [6.07, 6.45) is 0. The molecular formula is C24H24FN5O6S. The molecule has 0 bridgehead atoms. The van der Waals surface area contributed by atoms with Crippen LogP contribution in [0.5, 0.6) is 11.5 Å². The number of aromatic nitrogens is 1. The number of carbonyl (C=O) groups is 3. The van der Waals surface area contributed by atoms with E-state index < -0.39 is 29.6 Å². The molecule has 5 N–H and O–H groups in total. The molecule has 1 aliphatic rings. The molecule has 2 heterocycles. The van der Waals surface area contributed by atoms with Crippen LogP contribution in [-0.4, -0.2) is 55.6 Å². The predicted molar refractivity (Wildman–Crippen MR) is 133 cm³/mol. The highest BCUT2D eigenvalue weighted by atomic mass is 32.1. The predicted octanol–water partition coefficient (Wildman–Crippen LogP) is 1.89. The maximum absolute atomic E-state index is 14.0. The molecule has 1 atom stereocenters. The van der Waals surface area contributed by atoms with Gasteiger partial charge in [0, 0.05) is 25.4 Å². The third-order valence-electron chi connectivity index (χ3n) is 5.48. The van der Waals surface area contributed by atoms with E-state index in [1.54, 1.807) is 18.2 Å². The van der Waals surface area contributed by atoms with Gasteiger partial charge in [-0.05, 0) is 41.4 Å². The fourth-order valence-electron chi connectivity index (χ4n) is 3.74. The molecule has 194 valence electrons. The molecule has 0 radical (unpaired) electrons. The molecule has 0 saturated carbocycles. The maximum Gasteiger partial charge on any atom is 0.273 e. The zero-order valence-electron chi connectivity index (χ0n) is 19.7. The molecule has 37 heavy (non-hydrogen) atoms. The zero-order valence-corrected chi connectivity index (χ0v) is 20.5. The number of nitrogens with zero attached hydrogens (tertiary/aromatic N) is 2. The second kappa shape index (κ2) is 11.2. The van der Waals surface area contributed by atoms with E-state index in [9.17, 15) is 18.8 Å². The second-order valence-corrected chi connectivity index (χ2v) is 8.65. The first-order valence-electron chi connectivity index (χ1n) is 11.1. The number of benzene rings is 2. The van der Waals surface area contributed by atoms with Crippen molar-refractivity contribution in [1.29, 1.82) is 0 Å². The van der Waals surface area contributed by atoms with Gasteiger partial charge in [-0.25, -0.2) is 4.39 Å². The summed E-state index contributed by atoms with van der Waals surface area (Å²) in [5, 5.41) is 2.73.